The molecule has 2 N–H and O–H groups in total. The molecule has 0 aromatic rings. The molecule has 0 radical (unpaired) electrons. The summed E-state index contributed by atoms with van der Waals surface area (Å²) in [6.07, 6.45) is 1.34. The molecule has 4 atom stereocenters. The molecular weight excluding hydrogens is 308 g/mol. The molecule has 0 unspecified atom stereocenters. The summed E-state index contributed by atoms with van der Waals surface area (Å²) in [5.41, 5.74) is -0.539. The number of carbonyl (C=O) groups is 2. The van der Waals surface area contributed by atoms with Crippen LogP contribution < -0.4 is 10.6 Å². The van der Waals surface area contributed by atoms with Crippen LogP contribution in [-0.4, -0.2) is 43.4 Å². The van der Waals surface area contributed by atoms with Crippen LogP contribution in [0.15, 0.2) is 0 Å². The highest BCUT2D eigenvalue weighted by Gasteiger charge is 2.28. The molecule has 0 aliphatic rings. The van der Waals surface area contributed by atoms with E-state index in [1.165, 1.54) is 7.11 Å². The van der Waals surface area contributed by atoms with E-state index in [1.54, 1.807) is 0 Å². The van der Waals surface area contributed by atoms with E-state index in [0.717, 1.165) is 12.8 Å². The second-order valence-corrected chi connectivity index (χ2v) is 7.43. The number of methoxy groups -OCH3 is 1. The van der Waals surface area contributed by atoms with Crippen LogP contribution in [0.4, 0.5) is 4.79 Å². The summed E-state index contributed by atoms with van der Waals surface area (Å²) in [6.45, 7) is 14.2. The van der Waals surface area contributed by atoms with Crippen molar-refractivity contribution in [2.24, 2.45) is 11.8 Å². The number of hydrogen-bond acceptors (Lipinski definition) is 5. The van der Waals surface area contributed by atoms with Crippen molar-refractivity contribution in [3.8, 4) is 0 Å². The smallest absolute Gasteiger partial charge is 0.407 e. The largest absolute Gasteiger partial charge is 0.468 e. The van der Waals surface area contributed by atoms with Gasteiger partial charge in [-0.15, -0.1) is 0 Å². The van der Waals surface area contributed by atoms with Crippen molar-refractivity contribution in [2.45, 2.75) is 79.0 Å². The number of esters is 1. The molecule has 1 amide bonds. The average Bonchev–Trinajstić information content (AvgIpc) is 2.50. The molecule has 0 aliphatic carbocycles. The Morgan fingerprint density at radius 2 is 1.58 bits per heavy atom. The summed E-state index contributed by atoms with van der Waals surface area (Å²) in [5, 5.41) is 6.18. The van der Waals surface area contributed by atoms with Crippen LogP contribution in [0.3, 0.4) is 0 Å². The first kappa shape index (κ1) is 22.7. The number of ether oxygens (including phenoxy) is 2. The number of amides is 1. The average molecular weight is 344 g/mol. The summed E-state index contributed by atoms with van der Waals surface area (Å²) in [5.74, 6) is 0.126. The predicted molar refractivity (Wildman–Crippen MR) is 95.9 cm³/mol. The molecule has 0 rings (SSSR count). The third kappa shape index (κ3) is 8.52. The van der Waals surface area contributed by atoms with Crippen molar-refractivity contribution in [3.05, 3.63) is 0 Å². The maximum Gasteiger partial charge on any atom is 0.407 e. The van der Waals surface area contributed by atoms with Crippen molar-refractivity contribution >= 4 is 12.1 Å². The van der Waals surface area contributed by atoms with Gasteiger partial charge in [0.2, 0.25) is 0 Å². The summed E-state index contributed by atoms with van der Waals surface area (Å²) in [7, 11) is 1.39. The van der Waals surface area contributed by atoms with Crippen LogP contribution in [0.25, 0.3) is 0 Å². The highest BCUT2D eigenvalue weighted by Crippen LogP contribution is 2.13. The Kier molecular flexibility index (Phi) is 9.97. The Morgan fingerprint density at radius 3 is 2.00 bits per heavy atom. The molecular formula is C18H36N2O4. The van der Waals surface area contributed by atoms with E-state index >= 15 is 0 Å². The van der Waals surface area contributed by atoms with Gasteiger partial charge in [-0.05, 0) is 32.6 Å². The topological polar surface area (TPSA) is 76.7 Å². The molecule has 142 valence electrons. The second-order valence-electron chi connectivity index (χ2n) is 7.43. The fraction of sp³-hybridized carbons (Fsp3) is 0.889. The van der Waals surface area contributed by atoms with Gasteiger partial charge in [0.1, 0.15) is 11.6 Å². The standard InChI is InChI=1S/C18H36N2O4/c1-9-12(3)14(20-17(22)24-18(5,6)7)11-19-15(13(4)10-2)16(21)23-8/h12-15,19H,9-11H2,1-8H3,(H,20,22)/t12-,13-,14+,15-/m0/s1. The van der Waals surface area contributed by atoms with Gasteiger partial charge in [0, 0.05) is 12.6 Å². The van der Waals surface area contributed by atoms with E-state index in [4.69, 9.17) is 9.47 Å². The summed E-state index contributed by atoms with van der Waals surface area (Å²) in [4.78, 5) is 24.0. The molecule has 6 nitrogen and oxygen atoms in total. The van der Waals surface area contributed by atoms with Crippen LogP contribution in [0, 0.1) is 11.8 Å². The van der Waals surface area contributed by atoms with E-state index in [2.05, 4.69) is 24.5 Å². The van der Waals surface area contributed by atoms with Gasteiger partial charge in [0.15, 0.2) is 0 Å². The number of carbonyl (C=O) groups excluding carboxylic acids is 2. The van der Waals surface area contributed by atoms with Crippen molar-refractivity contribution < 1.29 is 19.1 Å². The summed E-state index contributed by atoms with van der Waals surface area (Å²) >= 11 is 0. The Bertz CT molecular complexity index is 393. The predicted octanol–water partition coefficient (Wildman–Crippen LogP) is 3.10. The zero-order valence-corrected chi connectivity index (χ0v) is 16.6. The first-order valence-electron chi connectivity index (χ1n) is 8.86. The van der Waals surface area contributed by atoms with E-state index in [-0.39, 0.29) is 29.9 Å². The van der Waals surface area contributed by atoms with Crippen LogP contribution >= 0.6 is 0 Å². The monoisotopic (exact) mass is 344 g/mol. The van der Waals surface area contributed by atoms with E-state index in [1.807, 2.05) is 34.6 Å². The fourth-order valence-electron chi connectivity index (χ4n) is 2.27. The molecule has 0 saturated heterocycles. The lowest BCUT2D eigenvalue weighted by molar-refractivity contribution is -0.144. The maximum absolute atomic E-state index is 12.1. The molecule has 0 heterocycles. The third-order valence-corrected chi connectivity index (χ3v) is 4.26. The second kappa shape index (κ2) is 10.5. The molecule has 24 heavy (non-hydrogen) atoms. The molecule has 0 spiro atoms. The summed E-state index contributed by atoms with van der Waals surface area (Å²) in [6, 6.07) is -0.506. The van der Waals surface area contributed by atoms with Gasteiger partial charge in [-0.3, -0.25) is 4.79 Å². The van der Waals surface area contributed by atoms with Gasteiger partial charge >= 0.3 is 12.1 Å². The zero-order valence-electron chi connectivity index (χ0n) is 16.6. The van der Waals surface area contributed by atoms with Crippen molar-refractivity contribution in [3.63, 3.8) is 0 Å². The van der Waals surface area contributed by atoms with Gasteiger partial charge in [0.05, 0.1) is 7.11 Å². The number of rotatable bonds is 9. The highest BCUT2D eigenvalue weighted by molar-refractivity contribution is 5.76. The number of alkyl carbamates (subject to hydrolysis) is 1. The van der Waals surface area contributed by atoms with Crippen LogP contribution in [0.2, 0.25) is 0 Å². The Hall–Kier alpha value is -1.30. The van der Waals surface area contributed by atoms with E-state index in [9.17, 15) is 9.59 Å². The SMILES string of the molecule is CC[C@H](C)[C@H](NC[C@@H](NC(=O)OC(C)(C)C)[C@@H](C)CC)C(=O)OC. The lowest BCUT2D eigenvalue weighted by atomic mass is 9.96. The molecule has 0 fully saturated rings. The lowest BCUT2D eigenvalue weighted by Crippen LogP contribution is -2.52. The van der Waals surface area contributed by atoms with Crippen molar-refractivity contribution in [1.82, 2.24) is 10.6 Å². The molecule has 0 aromatic heterocycles. The van der Waals surface area contributed by atoms with E-state index in [0.29, 0.717) is 6.54 Å². The van der Waals surface area contributed by atoms with Gasteiger partial charge in [0.25, 0.3) is 0 Å². The van der Waals surface area contributed by atoms with Crippen LogP contribution in [0.1, 0.15) is 61.3 Å². The Labute approximate surface area is 147 Å². The minimum absolute atomic E-state index is 0.124. The first-order chi connectivity index (χ1) is 11.1. The first-order valence-corrected chi connectivity index (χ1v) is 8.86. The van der Waals surface area contributed by atoms with Gasteiger partial charge in [-0.2, -0.15) is 0 Å². The quantitative estimate of drug-likeness (QED) is 0.629. The van der Waals surface area contributed by atoms with Gasteiger partial charge in [-0.25, -0.2) is 4.79 Å². The minimum Gasteiger partial charge on any atom is -0.468 e. The molecule has 6 heteroatoms. The minimum atomic E-state index is -0.539. The van der Waals surface area contributed by atoms with E-state index < -0.39 is 11.7 Å². The summed E-state index contributed by atoms with van der Waals surface area (Å²) < 4.78 is 10.2. The van der Waals surface area contributed by atoms with Crippen LogP contribution in [-0.2, 0) is 14.3 Å². The maximum atomic E-state index is 12.1. The number of nitrogens with one attached hydrogen (secondary N) is 2. The van der Waals surface area contributed by atoms with Gasteiger partial charge in [-0.1, -0.05) is 40.5 Å². The van der Waals surface area contributed by atoms with Crippen LogP contribution in [0.5, 0.6) is 0 Å². The molecule has 0 bridgehead atoms. The molecule has 0 saturated carbocycles. The zero-order chi connectivity index (χ0) is 18.9. The normalized spacial score (nSPS) is 16.7. The lowest BCUT2D eigenvalue weighted by Gasteiger charge is -2.29. The van der Waals surface area contributed by atoms with Crippen molar-refractivity contribution in [2.75, 3.05) is 13.7 Å². The number of hydrogen-bond donors (Lipinski definition) is 2. The third-order valence-electron chi connectivity index (χ3n) is 4.26. The van der Waals surface area contributed by atoms with Gasteiger partial charge < -0.3 is 20.1 Å². The highest BCUT2D eigenvalue weighted by atomic mass is 16.6. The Morgan fingerprint density at radius 1 is 1.04 bits per heavy atom. The molecule has 0 aromatic carbocycles. The molecule has 0 aliphatic heterocycles. The van der Waals surface area contributed by atoms with Crippen molar-refractivity contribution in [1.29, 1.82) is 0 Å². The fourth-order valence-corrected chi connectivity index (χ4v) is 2.27. The Balaban J connectivity index is 4.88.